The van der Waals surface area contributed by atoms with Gasteiger partial charge >= 0.3 is 0 Å². The molecule has 0 radical (unpaired) electrons. The molecule has 0 fully saturated rings. The Hall–Kier alpha value is 0.320. The Bertz CT molecular complexity index is 462. The lowest BCUT2D eigenvalue weighted by atomic mass is 10.0. The fraction of sp³-hybridized carbons (Fsp3) is 1.00. The average molecular weight is 500 g/mol. The van der Waals surface area contributed by atoms with E-state index in [-0.39, 0.29) is 19.1 Å². The fourth-order valence-corrected chi connectivity index (χ4v) is 4.23. The molecule has 0 amide bonds. The van der Waals surface area contributed by atoms with Crippen LogP contribution >= 0.6 is 19.4 Å². The average Bonchev–Trinajstić information content (AvgIpc) is 2.72. The van der Waals surface area contributed by atoms with E-state index in [1.807, 2.05) is 21.1 Å². The second-order valence-corrected chi connectivity index (χ2v) is 11.6. The topological polar surface area (TPSA) is 67.8 Å². The zero-order valence-corrected chi connectivity index (χ0v) is 23.0. The minimum absolute atomic E-state index is 0.0930. The molecule has 2 unspecified atom stereocenters. The number of phosphoric ester groups is 1. The van der Waals surface area contributed by atoms with Crippen LogP contribution in [-0.2, 0) is 18.3 Å². The number of hydrogen-bond acceptors (Lipinski definition) is 5. The third-order valence-corrected chi connectivity index (χ3v) is 6.76. The van der Waals surface area contributed by atoms with Crippen LogP contribution in [0.25, 0.3) is 0 Å². The molecule has 0 aromatic heterocycles. The van der Waals surface area contributed by atoms with Gasteiger partial charge in [0.05, 0.1) is 39.7 Å². The predicted molar refractivity (Wildman–Crippen MR) is 133 cm³/mol. The van der Waals surface area contributed by atoms with Gasteiger partial charge in [-0.1, -0.05) is 90.4 Å². The zero-order chi connectivity index (χ0) is 24.1. The number of nitrogens with zero attached hydrogens (tertiary/aromatic N) is 1. The molecule has 0 aromatic carbocycles. The first kappa shape index (κ1) is 32.3. The van der Waals surface area contributed by atoms with Crippen molar-refractivity contribution in [2.75, 3.05) is 53.4 Å². The van der Waals surface area contributed by atoms with Gasteiger partial charge < -0.3 is 23.2 Å². The van der Waals surface area contributed by atoms with Crippen LogP contribution < -0.4 is 4.89 Å². The summed E-state index contributed by atoms with van der Waals surface area (Å²) in [7, 11) is 1.58. The lowest BCUT2D eigenvalue weighted by Gasteiger charge is -2.28. The summed E-state index contributed by atoms with van der Waals surface area (Å²) in [5.41, 5.74) is 0. The number of unbranched alkanes of at least 4 members (excludes halogenated alkanes) is 13. The van der Waals surface area contributed by atoms with E-state index in [1.54, 1.807) is 0 Å². The molecule has 0 saturated heterocycles. The molecule has 2 atom stereocenters. The largest absolute Gasteiger partial charge is 0.756 e. The lowest BCUT2D eigenvalue weighted by Crippen LogP contribution is -2.37. The van der Waals surface area contributed by atoms with Crippen LogP contribution in [0.3, 0.4) is 0 Å². The predicted octanol–water partition coefficient (Wildman–Crippen LogP) is 6.30. The monoisotopic (exact) mass is 499 g/mol. The van der Waals surface area contributed by atoms with E-state index >= 15 is 0 Å². The van der Waals surface area contributed by atoms with Crippen molar-refractivity contribution in [1.29, 1.82) is 0 Å². The summed E-state index contributed by atoms with van der Waals surface area (Å²) >= 11 is 5.89. The molecule has 0 aliphatic rings. The van der Waals surface area contributed by atoms with Crippen molar-refractivity contribution < 1.29 is 27.7 Å². The molecule has 0 bridgehead atoms. The van der Waals surface area contributed by atoms with E-state index in [4.69, 9.17) is 25.4 Å². The number of hydrogen-bond donors (Lipinski definition) is 0. The standard InChI is InChI=1S/C24H51ClNO5P/c1-5-6-7-8-9-10-11-12-13-14-15-16-17-18-20-29-24(22-25)23-31-32(27,28)30-21-19-26(2,3)4/h24H,5-23H2,1-4H3. The number of likely N-dealkylation sites (N-methyl/N-ethyl adjacent to an activating group) is 1. The van der Waals surface area contributed by atoms with Crippen molar-refractivity contribution in [3.8, 4) is 0 Å². The molecule has 6 nitrogen and oxygen atoms in total. The van der Waals surface area contributed by atoms with Crippen LogP contribution in [0, 0.1) is 0 Å². The molecule has 0 rings (SSSR count). The highest BCUT2D eigenvalue weighted by molar-refractivity contribution is 7.45. The molecule has 0 saturated carbocycles. The summed E-state index contributed by atoms with van der Waals surface area (Å²) < 4.78 is 28.0. The van der Waals surface area contributed by atoms with Crippen LogP contribution in [0.5, 0.6) is 0 Å². The van der Waals surface area contributed by atoms with Crippen LogP contribution in [-0.4, -0.2) is 64.0 Å². The van der Waals surface area contributed by atoms with Crippen molar-refractivity contribution in [1.82, 2.24) is 0 Å². The van der Waals surface area contributed by atoms with Crippen LogP contribution in [0.15, 0.2) is 0 Å². The molecule has 0 aliphatic heterocycles. The summed E-state index contributed by atoms with van der Waals surface area (Å²) in [6.45, 7) is 3.40. The molecule has 194 valence electrons. The Morgan fingerprint density at radius 2 is 1.25 bits per heavy atom. The maximum absolute atomic E-state index is 11.8. The van der Waals surface area contributed by atoms with E-state index in [2.05, 4.69) is 6.92 Å². The molecule has 32 heavy (non-hydrogen) atoms. The van der Waals surface area contributed by atoms with Gasteiger partial charge in [0, 0.05) is 6.61 Å². The molecule has 0 heterocycles. The van der Waals surface area contributed by atoms with Gasteiger partial charge in [-0.3, -0.25) is 4.57 Å². The number of alkyl halides is 1. The minimum atomic E-state index is -4.32. The normalized spacial score (nSPS) is 15.1. The van der Waals surface area contributed by atoms with Gasteiger partial charge in [-0.05, 0) is 6.42 Å². The molecule has 0 spiro atoms. The zero-order valence-electron chi connectivity index (χ0n) is 21.3. The van der Waals surface area contributed by atoms with E-state index in [9.17, 15) is 9.46 Å². The Kier molecular flexibility index (Phi) is 20.9. The number of phosphoric acid groups is 1. The first-order valence-electron chi connectivity index (χ1n) is 12.8. The van der Waals surface area contributed by atoms with E-state index < -0.39 is 13.9 Å². The van der Waals surface area contributed by atoms with Crippen molar-refractivity contribution in [2.45, 2.75) is 103 Å². The summed E-state index contributed by atoms with van der Waals surface area (Å²) in [5, 5.41) is 0. The second-order valence-electron chi connectivity index (χ2n) is 9.83. The highest BCUT2D eigenvalue weighted by Gasteiger charge is 2.16. The van der Waals surface area contributed by atoms with Gasteiger partial charge in [-0.15, -0.1) is 11.6 Å². The molecular formula is C24H51ClNO5P. The van der Waals surface area contributed by atoms with Gasteiger partial charge in [-0.25, -0.2) is 0 Å². The lowest BCUT2D eigenvalue weighted by molar-refractivity contribution is -0.870. The van der Waals surface area contributed by atoms with E-state index in [0.29, 0.717) is 17.6 Å². The SMILES string of the molecule is CCCCCCCCCCCCCCCCOC(CCl)COP(=O)([O-])OCC[N+](C)(C)C. The summed E-state index contributed by atoms with van der Waals surface area (Å²) in [6.07, 6.45) is 17.9. The minimum Gasteiger partial charge on any atom is -0.756 e. The third kappa shape index (κ3) is 23.5. The Morgan fingerprint density at radius 3 is 1.69 bits per heavy atom. The second kappa shape index (κ2) is 20.7. The molecule has 0 N–H and O–H groups in total. The maximum Gasteiger partial charge on any atom is 0.268 e. The summed E-state index contributed by atoms with van der Waals surface area (Å²) in [6, 6.07) is 0. The molecular weight excluding hydrogens is 449 g/mol. The van der Waals surface area contributed by atoms with Crippen LogP contribution in [0.4, 0.5) is 0 Å². The van der Waals surface area contributed by atoms with Crippen molar-refractivity contribution in [3.63, 3.8) is 0 Å². The molecule has 8 heteroatoms. The Labute approximate surface area is 203 Å². The van der Waals surface area contributed by atoms with Crippen LogP contribution in [0.2, 0.25) is 0 Å². The van der Waals surface area contributed by atoms with Gasteiger partial charge in [0.15, 0.2) is 0 Å². The number of rotatable bonds is 24. The van der Waals surface area contributed by atoms with Gasteiger partial charge in [0.1, 0.15) is 13.2 Å². The van der Waals surface area contributed by atoms with E-state index in [1.165, 1.54) is 77.0 Å². The number of halogens is 1. The summed E-state index contributed by atoms with van der Waals surface area (Å²) in [4.78, 5) is 11.8. The Morgan fingerprint density at radius 1 is 0.781 bits per heavy atom. The Balaban J connectivity index is 3.56. The number of quaternary nitrogens is 1. The maximum atomic E-state index is 11.8. The van der Waals surface area contributed by atoms with Crippen molar-refractivity contribution in [2.24, 2.45) is 0 Å². The quantitative estimate of drug-likeness (QED) is 0.0674. The molecule has 0 aliphatic carbocycles. The van der Waals surface area contributed by atoms with Crippen molar-refractivity contribution in [3.05, 3.63) is 0 Å². The highest BCUT2D eigenvalue weighted by Crippen LogP contribution is 2.38. The van der Waals surface area contributed by atoms with Gasteiger partial charge in [-0.2, -0.15) is 0 Å². The van der Waals surface area contributed by atoms with Crippen LogP contribution in [0.1, 0.15) is 96.8 Å². The highest BCUT2D eigenvalue weighted by atomic mass is 35.5. The first-order chi connectivity index (χ1) is 15.2. The number of ether oxygens (including phenoxy) is 1. The van der Waals surface area contributed by atoms with Gasteiger partial charge in [0.25, 0.3) is 7.82 Å². The van der Waals surface area contributed by atoms with E-state index in [0.717, 1.165) is 12.8 Å². The smallest absolute Gasteiger partial charge is 0.268 e. The van der Waals surface area contributed by atoms with Crippen molar-refractivity contribution >= 4 is 19.4 Å². The fourth-order valence-electron chi connectivity index (χ4n) is 3.32. The third-order valence-electron chi connectivity index (χ3n) is 5.45. The first-order valence-corrected chi connectivity index (χ1v) is 14.8. The van der Waals surface area contributed by atoms with Gasteiger partial charge in [0.2, 0.25) is 0 Å². The molecule has 0 aromatic rings. The summed E-state index contributed by atoms with van der Waals surface area (Å²) in [5.74, 6) is 0.192.